The molecule has 3 aliphatic rings. The molecule has 2 nitrogen and oxygen atoms in total. The van der Waals surface area contributed by atoms with E-state index in [9.17, 15) is 0 Å². The Morgan fingerprint density at radius 2 is 1.80 bits per heavy atom. The maximum Gasteiger partial charge on any atom is 0.109 e. The number of fused-ring (bicyclic) bond motifs is 3. The van der Waals surface area contributed by atoms with E-state index < -0.39 is 0 Å². The van der Waals surface area contributed by atoms with Crippen LogP contribution in [0.5, 0.6) is 0 Å². The lowest BCUT2D eigenvalue weighted by Gasteiger charge is -2.52. The second kappa shape index (κ2) is 3.11. The van der Waals surface area contributed by atoms with Gasteiger partial charge >= 0.3 is 0 Å². The van der Waals surface area contributed by atoms with E-state index in [1.807, 2.05) is 12.3 Å². The summed E-state index contributed by atoms with van der Waals surface area (Å²) in [5, 5.41) is 0. The second-order valence-corrected chi connectivity index (χ2v) is 5.46. The molecule has 0 unspecified atom stereocenters. The zero-order valence-electron chi connectivity index (χ0n) is 9.17. The molecule has 2 N–H and O–H groups in total. The van der Waals surface area contributed by atoms with Crippen LogP contribution in [0, 0.1) is 5.41 Å². The van der Waals surface area contributed by atoms with Gasteiger partial charge in [0, 0.05) is 5.41 Å². The van der Waals surface area contributed by atoms with Gasteiger partial charge in [0.1, 0.15) is 5.76 Å². The molecule has 1 aromatic rings. The number of hydrogen-bond acceptors (Lipinski definition) is 2. The third-order valence-corrected chi connectivity index (χ3v) is 4.88. The molecule has 1 aromatic heterocycles. The largest absolute Gasteiger partial charge is 0.469 e. The van der Waals surface area contributed by atoms with E-state index >= 15 is 0 Å². The second-order valence-electron chi connectivity index (χ2n) is 5.46. The van der Waals surface area contributed by atoms with Gasteiger partial charge in [0.05, 0.1) is 6.26 Å². The first-order valence-electron chi connectivity index (χ1n) is 6.03. The number of furan rings is 1. The van der Waals surface area contributed by atoms with Gasteiger partial charge < -0.3 is 10.2 Å². The minimum absolute atomic E-state index is 0.362. The Balaban J connectivity index is 1.88. The van der Waals surface area contributed by atoms with Gasteiger partial charge in [-0.3, -0.25) is 0 Å². The summed E-state index contributed by atoms with van der Waals surface area (Å²) in [5.74, 6) is 1.22. The predicted octanol–water partition coefficient (Wildman–Crippen LogP) is 2.83. The zero-order chi connectivity index (χ0) is 10.4. The molecule has 0 aromatic carbocycles. The van der Waals surface area contributed by atoms with Crippen LogP contribution in [0.25, 0.3) is 0 Å². The molecule has 0 atom stereocenters. The van der Waals surface area contributed by atoms with Crippen LogP contribution in [0.15, 0.2) is 22.8 Å². The van der Waals surface area contributed by atoms with Crippen molar-refractivity contribution < 1.29 is 4.42 Å². The molecule has 4 rings (SSSR count). The van der Waals surface area contributed by atoms with Crippen molar-refractivity contribution >= 4 is 0 Å². The molecule has 3 fully saturated rings. The van der Waals surface area contributed by atoms with Crippen molar-refractivity contribution in [1.29, 1.82) is 0 Å². The van der Waals surface area contributed by atoms with E-state index in [0.717, 1.165) is 6.54 Å². The van der Waals surface area contributed by atoms with Gasteiger partial charge in [-0.1, -0.05) is 0 Å². The van der Waals surface area contributed by atoms with Crippen LogP contribution >= 0.6 is 0 Å². The third-order valence-electron chi connectivity index (χ3n) is 4.88. The minimum Gasteiger partial charge on any atom is -0.469 e. The molecule has 0 radical (unpaired) electrons. The van der Waals surface area contributed by atoms with E-state index in [-0.39, 0.29) is 0 Å². The molecular weight excluding hydrogens is 186 g/mol. The van der Waals surface area contributed by atoms with E-state index in [0.29, 0.717) is 10.8 Å². The summed E-state index contributed by atoms with van der Waals surface area (Å²) in [7, 11) is 0. The van der Waals surface area contributed by atoms with Crippen molar-refractivity contribution in [3.8, 4) is 0 Å². The number of hydrogen-bond donors (Lipinski definition) is 1. The smallest absolute Gasteiger partial charge is 0.109 e. The van der Waals surface area contributed by atoms with Crippen molar-refractivity contribution in [2.24, 2.45) is 11.1 Å². The van der Waals surface area contributed by atoms with Crippen LogP contribution in [-0.4, -0.2) is 6.54 Å². The standard InChI is InChI=1S/C13H19NO/c14-10-12-3-6-13(7-4-12,8-5-12)11-2-1-9-15-11/h1-2,9H,3-8,10,14H2. The molecule has 15 heavy (non-hydrogen) atoms. The van der Waals surface area contributed by atoms with Crippen molar-refractivity contribution in [3.05, 3.63) is 24.2 Å². The summed E-state index contributed by atoms with van der Waals surface area (Å²) >= 11 is 0. The van der Waals surface area contributed by atoms with Gasteiger partial charge in [-0.25, -0.2) is 0 Å². The van der Waals surface area contributed by atoms with Crippen LogP contribution in [-0.2, 0) is 5.41 Å². The van der Waals surface area contributed by atoms with Crippen molar-refractivity contribution in [2.75, 3.05) is 6.54 Å². The Morgan fingerprint density at radius 3 is 2.27 bits per heavy atom. The lowest BCUT2D eigenvalue weighted by atomic mass is 9.53. The molecule has 82 valence electrons. The van der Waals surface area contributed by atoms with Gasteiger partial charge in [0.2, 0.25) is 0 Å². The lowest BCUT2D eigenvalue weighted by molar-refractivity contribution is 0.0355. The highest BCUT2D eigenvalue weighted by Crippen LogP contribution is 2.57. The quantitative estimate of drug-likeness (QED) is 0.806. The molecule has 3 aliphatic carbocycles. The first kappa shape index (κ1) is 9.46. The van der Waals surface area contributed by atoms with Crippen molar-refractivity contribution in [1.82, 2.24) is 0 Å². The van der Waals surface area contributed by atoms with E-state index in [1.165, 1.54) is 44.3 Å². The molecule has 2 bridgehead atoms. The Hall–Kier alpha value is -0.760. The van der Waals surface area contributed by atoms with Gasteiger partial charge in [0.15, 0.2) is 0 Å². The maximum atomic E-state index is 5.91. The Kier molecular flexibility index (Phi) is 1.96. The molecule has 0 aliphatic heterocycles. The van der Waals surface area contributed by atoms with Crippen LogP contribution < -0.4 is 5.73 Å². The third kappa shape index (κ3) is 1.27. The average Bonchev–Trinajstić information content (AvgIpc) is 2.86. The van der Waals surface area contributed by atoms with Crippen LogP contribution in [0.1, 0.15) is 44.3 Å². The van der Waals surface area contributed by atoms with E-state index in [1.54, 1.807) is 0 Å². The van der Waals surface area contributed by atoms with Crippen molar-refractivity contribution in [3.63, 3.8) is 0 Å². The normalized spacial score (nSPS) is 39.5. The lowest BCUT2D eigenvalue weighted by Crippen LogP contribution is -2.47. The van der Waals surface area contributed by atoms with Gasteiger partial charge in [-0.05, 0) is 62.6 Å². The van der Waals surface area contributed by atoms with E-state index in [2.05, 4.69) is 6.07 Å². The summed E-state index contributed by atoms with van der Waals surface area (Å²) in [6.07, 6.45) is 9.52. The molecule has 0 saturated heterocycles. The van der Waals surface area contributed by atoms with Crippen LogP contribution in [0.2, 0.25) is 0 Å². The summed E-state index contributed by atoms with van der Waals surface area (Å²) in [5.41, 5.74) is 6.75. The molecule has 1 heterocycles. The average molecular weight is 205 g/mol. The highest BCUT2D eigenvalue weighted by Gasteiger charge is 2.49. The summed E-state index contributed by atoms with van der Waals surface area (Å²) in [4.78, 5) is 0. The topological polar surface area (TPSA) is 39.2 Å². The van der Waals surface area contributed by atoms with Crippen molar-refractivity contribution in [2.45, 2.75) is 43.9 Å². The summed E-state index contributed by atoms with van der Waals surface area (Å²) in [6, 6.07) is 4.17. The monoisotopic (exact) mass is 205 g/mol. The molecular formula is C13H19NO. The first-order chi connectivity index (χ1) is 7.29. The Bertz CT molecular complexity index is 317. The number of nitrogens with two attached hydrogens (primary N) is 1. The molecule has 0 amide bonds. The fraction of sp³-hybridized carbons (Fsp3) is 0.692. The Labute approximate surface area is 90.8 Å². The van der Waals surface area contributed by atoms with Gasteiger partial charge in [-0.2, -0.15) is 0 Å². The number of rotatable bonds is 2. The summed E-state index contributed by atoms with van der Waals surface area (Å²) < 4.78 is 5.63. The van der Waals surface area contributed by atoms with Gasteiger partial charge in [-0.15, -0.1) is 0 Å². The molecule has 3 saturated carbocycles. The maximum absolute atomic E-state index is 5.91. The predicted molar refractivity (Wildman–Crippen MR) is 59.6 cm³/mol. The molecule has 0 spiro atoms. The van der Waals surface area contributed by atoms with Crippen LogP contribution in [0.3, 0.4) is 0 Å². The fourth-order valence-corrected chi connectivity index (χ4v) is 3.52. The zero-order valence-corrected chi connectivity index (χ0v) is 9.17. The highest BCUT2D eigenvalue weighted by atomic mass is 16.3. The van der Waals surface area contributed by atoms with Gasteiger partial charge in [0.25, 0.3) is 0 Å². The van der Waals surface area contributed by atoms with E-state index in [4.69, 9.17) is 10.2 Å². The SMILES string of the molecule is NCC12CCC(c3ccco3)(CC1)CC2. The van der Waals surface area contributed by atoms with Crippen LogP contribution in [0.4, 0.5) is 0 Å². The first-order valence-corrected chi connectivity index (χ1v) is 6.03. The molecule has 2 heteroatoms. The minimum atomic E-state index is 0.362. The fourth-order valence-electron chi connectivity index (χ4n) is 3.52. The highest BCUT2D eigenvalue weighted by molar-refractivity contribution is 5.19. The summed E-state index contributed by atoms with van der Waals surface area (Å²) in [6.45, 7) is 0.876. The Morgan fingerprint density at radius 1 is 1.13 bits per heavy atom.